The highest BCUT2D eigenvalue weighted by Crippen LogP contribution is 2.39. The molecule has 0 radical (unpaired) electrons. The van der Waals surface area contributed by atoms with Crippen LogP contribution in [0.4, 0.5) is 18.0 Å². The summed E-state index contributed by atoms with van der Waals surface area (Å²) in [6.45, 7) is 5.75. The number of esters is 1. The van der Waals surface area contributed by atoms with E-state index in [0.29, 0.717) is 11.6 Å². The Kier molecular flexibility index (Phi) is 6.93. The lowest BCUT2D eigenvalue weighted by Crippen LogP contribution is -2.50. The maximum absolute atomic E-state index is 13.7. The number of nitrogens with one attached hydrogen (secondary N) is 1. The van der Waals surface area contributed by atoms with Gasteiger partial charge in [-0.2, -0.15) is 13.2 Å². The monoisotopic (exact) mass is 439 g/mol. The number of likely N-dealkylation sites (tertiary alicyclic amines) is 1. The van der Waals surface area contributed by atoms with E-state index >= 15 is 0 Å². The molecule has 0 spiro atoms. The van der Waals surface area contributed by atoms with Gasteiger partial charge in [0.1, 0.15) is 0 Å². The van der Waals surface area contributed by atoms with Gasteiger partial charge in [0.05, 0.1) is 23.8 Å². The number of carbonyl (C=O) groups excluding carboxylic acids is 2. The van der Waals surface area contributed by atoms with Crippen LogP contribution in [0.2, 0.25) is 0 Å². The van der Waals surface area contributed by atoms with Crippen molar-refractivity contribution in [2.45, 2.75) is 38.9 Å². The molecular formula is C22H28F3N3O3. The van der Waals surface area contributed by atoms with Crippen LogP contribution in [0.1, 0.15) is 43.9 Å². The highest BCUT2D eigenvalue weighted by atomic mass is 19.4. The molecule has 1 aromatic carbocycles. The summed E-state index contributed by atoms with van der Waals surface area (Å²) in [6.07, 6.45) is -2.66. The Hall–Kier alpha value is -2.55. The van der Waals surface area contributed by atoms with Gasteiger partial charge < -0.3 is 10.1 Å². The van der Waals surface area contributed by atoms with Crippen LogP contribution in [-0.2, 0) is 15.7 Å². The molecule has 1 saturated heterocycles. The van der Waals surface area contributed by atoms with Gasteiger partial charge in [0.25, 0.3) is 0 Å². The number of nitrogens with zero attached hydrogens (tertiary/aromatic N) is 2. The number of hydrogen-bond acceptors (Lipinski definition) is 4. The number of urea groups is 1. The Morgan fingerprint density at radius 1 is 1.23 bits per heavy atom. The second-order valence-electron chi connectivity index (χ2n) is 8.07. The zero-order chi connectivity index (χ0) is 22.8. The van der Waals surface area contributed by atoms with Crippen molar-refractivity contribution >= 4 is 12.0 Å². The minimum atomic E-state index is -4.63. The molecule has 170 valence electrons. The lowest BCUT2D eigenvalue weighted by molar-refractivity contribution is -0.141. The molecule has 2 heterocycles. The van der Waals surface area contributed by atoms with E-state index in [2.05, 4.69) is 17.1 Å². The zero-order valence-electron chi connectivity index (χ0n) is 18.0. The maximum atomic E-state index is 13.7. The quantitative estimate of drug-likeness (QED) is 0.706. The molecule has 1 N–H and O–H groups in total. The van der Waals surface area contributed by atoms with Crippen LogP contribution in [0.15, 0.2) is 35.5 Å². The second-order valence-corrected chi connectivity index (χ2v) is 8.07. The summed E-state index contributed by atoms with van der Waals surface area (Å²) in [7, 11) is 1.52. The van der Waals surface area contributed by atoms with Gasteiger partial charge in [-0.05, 0) is 50.4 Å². The van der Waals surface area contributed by atoms with Crippen molar-refractivity contribution in [1.82, 2.24) is 15.1 Å². The minimum absolute atomic E-state index is 0.0410. The second kappa shape index (κ2) is 9.30. The Balaban J connectivity index is 2.10. The van der Waals surface area contributed by atoms with Crippen LogP contribution in [0, 0.1) is 5.92 Å². The Morgan fingerprint density at radius 3 is 2.48 bits per heavy atom. The fraction of sp³-hybridized carbons (Fsp3) is 0.545. The van der Waals surface area contributed by atoms with Gasteiger partial charge in [0, 0.05) is 19.3 Å². The average molecular weight is 439 g/mol. The van der Waals surface area contributed by atoms with E-state index in [1.165, 1.54) is 30.1 Å². The maximum Gasteiger partial charge on any atom is 0.416 e. The van der Waals surface area contributed by atoms with Crippen molar-refractivity contribution in [2.75, 3.05) is 33.3 Å². The minimum Gasteiger partial charge on any atom is -0.463 e. The number of alkyl halides is 3. The molecule has 6 nitrogen and oxygen atoms in total. The van der Waals surface area contributed by atoms with Crippen LogP contribution in [-0.4, -0.2) is 55.1 Å². The third kappa shape index (κ3) is 5.03. The Bertz CT molecular complexity index is 861. The van der Waals surface area contributed by atoms with Crippen LogP contribution < -0.4 is 5.32 Å². The molecule has 3 rings (SSSR count). The van der Waals surface area contributed by atoms with E-state index < -0.39 is 29.8 Å². The van der Waals surface area contributed by atoms with E-state index in [1.807, 2.05) is 0 Å². The van der Waals surface area contributed by atoms with Crippen molar-refractivity contribution in [3.8, 4) is 0 Å². The SMILES string of the molecule is CCOC(=O)C1=C(CN2CCC(C)CC2)N(C)C(=O)NC1c1ccccc1C(F)(F)F. The largest absolute Gasteiger partial charge is 0.463 e. The highest BCUT2D eigenvalue weighted by Gasteiger charge is 2.42. The molecule has 1 atom stereocenters. The van der Waals surface area contributed by atoms with Gasteiger partial charge in [-0.15, -0.1) is 0 Å². The van der Waals surface area contributed by atoms with Crippen molar-refractivity contribution in [1.29, 1.82) is 0 Å². The Morgan fingerprint density at radius 2 is 1.87 bits per heavy atom. The molecule has 31 heavy (non-hydrogen) atoms. The van der Waals surface area contributed by atoms with E-state index in [4.69, 9.17) is 4.74 Å². The number of carbonyl (C=O) groups is 2. The smallest absolute Gasteiger partial charge is 0.416 e. The first-order valence-corrected chi connectivity index (χ1v) is 10.5. The topological polar surface area (TPSA) is 61.9 Å². The summed E-state index contributed by atoms with van der Waals surface area (Å²) < 4.78 is 46.3. The fourth-order valence-corrected chi connectivity index (χ4v) is 4.07. The van der Waals surface area contributed by atoms with Gasteiger partial charge in [-0.3, -0.25) is 9.80 Å². The van der Waals surface area contributed by atoms with Crippen molar-refractivity contribution < 1.29 is 27.5 Å². The fourth-order valence-electron chi connectivity index (χ4n) is 4.07. The third-order valence-electron chi connectivity index (χ3n) is 5.90. The van der Waals surface area contributed by atoms with E-state index in [9.17, 15) is 22.8 Å². The van der Waals surface area contributed by atoms with Crippen molar-refractivity contribution in [2.24, 2.45) is 5.92 Å². The summed E-state index contributed by atoms with van der Waals surface area (Å²) in [5, 5.41) is 2.57. The molecule has 2 aliphatic rings. The molecule has 9 heteroatoms. The highest BCUT2D eigenvalue weighted by molar-refractivity contribution is 5.95. The van der Waals surface area contributed by atoms with Crippen molar-refractivity contribution in [3.63, 3.8) is 0 Å². The summed E-state index contributed by atoms with van der Waals surface area (Å²) >= 11 is 0. The molecule has 1 aromatic rings. The normalized spacial score (nSPS) is 21.3. The summed E-state index contributed by atoms with van der Waals surface area (Å²) in [5.74, 6) is -0.134. The summed E-state index contributed by atoms with van der Waals surface area (Å²) in [6, 6.07) is 3.18. The van der Waals surface area contributed by atoms with Crippen LogP contribution in [0.5, 0.6) is 0 Å². The molecule has 0 aliphatic carbocycles. The number of likely N-dealkylation sites (N-methyl/N-ethyl adjacent to an activating group) is 1. The Labute approximate surface area is 180 Å². The molecule has 0 saturated carbocycles. The van der Waals surface area contributed by atoms with Gasteiger partial charge >= 0.3 is 18.2 Å². The van der Waals surface area contributed by atoms with Gasteiger partial charge in [0.2, 0.25) is 0 Å². The standard InChI is InChI=1S/C22H28F3N3O3/c1-4-31-20(29)18-17(13-28-11-9-14(2)10-12-28)27(3)21(30)26-19(18)15-7-5-6-8-16(15)22(23,24)25/h5-8,14,19H,4,9-13H2,1-3H3,(H,26,30). The van der Waals surface area contributed by atoms with Crippen LogP contribution in [0.25, 0.3) is 0 Å². The van der Waals surface area contributed by atoms with Crippen molar-refractivity contribution in [3.05, 3.63) is 46.7 Å². The lowest BCUT2D eigenvalue weighted by Gasteiger charge is -2.38. The molecular weight excluding hydrogens is 411 g/mol. The first kappa shape index (κ1) is 23.1. The molecule has 2 amide bonds. The average Bonchev–Trinajstić information content (AvgIpc) is 2.72. The first-order chi connectivity index (χ1) is 14.6. The van der Waals surface area contributed by atoms with E-state index in [1.54, 1.807) is 6.92 Å². The van der Waals surface area contributed by atoms with E-state index in [-0.39, 0.29) is 24.3 Å². The molecule has 0 bridgehead atoms. The predicted octanol–water partition coefficient (Wildman–Crippen LogP) is 3.95. The van der Waals surface area contributed by atoms with Crippen LogP contribution in [0.3, 0.4) is 0 Å². The number of amides is 2. The molecule has 2 aliphatic heterocycles. The van der Waals surface area contributed by atoms with E-state index in [0.717, 1.165) is 32.0 Å². The number of ether oxygens (including phenoxy) is 1. The van der Waals surface area contributed by atoms with Crippen LogP contribution >= 0.6 is 0 Å². The number of halogens is 3. The number of rotatable bonds is 5. The zero-order valence-corrected chi connectivity index (χ0v) is 18.0. The molecule has 1 fully saturated rings. The predicted molar refractivity (Wildman–Crippen MR) is 109 cm³/mol. The van der Waals surface area contributed by atoms with Gasteiger partial charge in [-0.1, -0.05) is 25.1 Å². The molecule has 0 aromatic heterocycles. The molecule has 1 unspecified atom stereocenters. The number of benzene rings is 1. The summed E-state index contributed by atoms with van der Waals surface area (Å²) in [5.41, 5.74) is -0.653. The van der Waals surface area contributed by atoms with Gasteiger partial charge in [0.15, 0.2) is 0 Å². The third-order valence-corrected chi connectivity index (χ3v) is 5.90. The lowest BCUT2D eigenvalue weighted by atomic mass is 9.90. The number of hydrogen-bond donors (Lipinski definition) is 1. The first-order valence-electron chi connectivity index (χ1n) is 10.5. The van der Waals surface area contributed by atoms with Gasteiger partial charge in [-0.25, -0.2) is 9.59 Å². The number of piperidine rings is 1. The summed E-state index contributed by atoms with van der Waals surface area (Å²) in [4.78, 5) is 29.1.